The number of thiazole rings is 2. The lowest BCUT2D eigenvalue weighted by atomic mass is 9.78. The first-order valence-corrected chi connectivity index (χ1v) is 24.0. The van der Waals surface area contributed by atoms with Gasteiger partial charge >= 0.3 is 0 Å². The number of hydrogen-bond donors (Lipinski definition) is 4. The first-order chi connectivity index (χ1) is 31.0. The predicted octanol–water partition coefficient (Wildman–Crippen LogP) is 7.63. The summed E-state index contributed by atoms with van der Waals surface area (Å²) in [6.45, 7) is 11.5. The van der Waals surface area contributed by atoms with E-state index in [2.05, 4.69) is 112 Å². The minimum atomic E-state index is -0.527. The molecule has 15 nitrogen and oxygen atoms in total. The van der Waals surface area contributed by atoms with Gasteiger partial charge in [-0.3, -0.25) is 5.10 Å². The van der Waals surface area contributed by atoms with Gasteiger partial charge in [0.15, 0.2) is 11.6 Å². The molecule has 11 rings (SSSR count). The molecule has 1 saturated carbocycles. The Hall–Kier alpha value is -5.72. The number of H-pyrrole nitrogens is 1. The van der Waals surface area contributed by atoms with E-state index in [0.717, 1.165) is 123 Å². The maximum absolute atomic E-state index is 7.75. The van der Waals surface area contributed by atoms with Crippen LogP contribution < -0.4 is 26.2 Å². The molecule has 1 unspecified atom stereocenters. The van der Waals surface area contributed by atoms with Gasteiger partial charge in [-0.05, 0) is 109 Å². The van der Waals surface area contributed by atoms with E-state index in [-0.39, 0.29) is 23.2 Å². The Morgan fingerprint density at radius 1 is 0.766 bits per heavy atom. The lowest BCUT2D eigenvalue weighted by Gasteiger charge is -2.51. The Kier molecular flexibility index (Phi) is 10.3. The lowest BCUT2D eigenvalue weighted by molar-refractivity contribution is 0.154. The second kappa shape index (κ2) is 16.1. The van der Waals surface area contributed by atoms with E-state index in [1.807, 2.05) is 34.2 Å². The highest BCUT2D eigenvalue weighted by Crippen LogP contribution is 2.41. The number of rotatable bonds is 11. The number of piperidine rings is 1. The van der Waals surface area contributed by atoms with Crippen LogP contribution in [0.1, 0.15) is 66.2 Å². The quantitative estimate of drug-likeness (QED) is 0.0997. The molecule has 2 atom stereocenters. The van der Waals surface area contributed by atoms with Crippen molar-refractivity contribution in [3.05, 3.63) is 90.7 Å². The van der Waals surface area contributed by atoms with Crippen LogP contribution in [0.3, 0.4) is 0 Å². The maximum Gasteiger partial charge on any atom is 0.151 e. The number of nitrogens with one attached hydrogen (secondary N) is 3. The van der Waals surface area contributed by atoms with Crippen molar-refractivity contribution >= 4 is 54.7 Å². The molecule has 0 spiro atoms. The molecular weight excluding hydrogens is 839 g/mol. The van der Waals surface area contributed by atoms with Crippen LogP contribution in [0.4, 0.5) is 11.6 Å². The standard InChI is InChI=1S/C47H53N15S2/c1-45(2)19-31(20-46(3,4)59-45)61(39-13-10-36(55-57-39)35-9-12-38(60-18-17-50-26-60)42-44(35)64-28-52-42)25-47(48)15-16-49-24-32(21-47)62(30-5-6-30)40-14-11-37(56-58-40)34-8-7-33(29-22-53-54-23-29)41-43(34)63-27-51-41/h7-14,17-18,22-23,26-28,30-32,49,59H,5-6,15-16,19-21,24-25,48H2,1-4H3,(H,53,54)/t32?,47-/m0/s1. The average Bonchev–Trinajstić information content (AvgIpc) is 3.79. The van der Waals surface area contributed by atoms with Crippen LogP contribution in [-0.2, 0) is 0 Å². The fourth-order valence-electron chi connectivity index (χ4n) is 10.6. The molecule has 2 aliphatic heterocycles. The molecule has 1 aliphatic carbocycles. The highest BCUT2D eigenvalue weighted by Gasteiger charge is 2.45. The zero-order valence-corrected chi connectivity index (χ0v) is 38.2. The zero-order valence-electron chi connectivity index (χ0n) is 36.6. The van der Waals surface area contributed by atoms with Gasteiger partial charge in [0.25, 0.3) is 0 Å². The van der Waals surface area contributed by atoms with Crippen LogP contribution in [0, 0.1) is 0 Å². The molecule has 8 heterocycles. The Bertz CT molecular complexity index is 2870. The molecule has 8 aromatic rings. The highest BCUT2D eigenvalue weighted by atomic mass is 32.1. The second-order valence-corrected chi connectivity index (χ2v) is 21.0. The van der Waals surface area contributed by atoms with Crippen LogP contribution >= 0.6 is 22.7 Å². The van der Waals surface area contributed by atoms with Gasteiger partial charge in [0, 0.05) is 88.7 Å². The van der Waals surface area contributed by atoms with E-state index >= 15 is 0 Å². The van der Waals surface area contributed by atoms with Crippen LogP contribution in [0.2, 0.25) is 0 Å². The largest absolute Gasteiger partial charge is 0.350 e. The number of aromatic nitrogens is 10. The molecule has 2 saturated heterocycles. The van der Waals surface area contributed by atoms with E-state index < -0.39 is 5.54 Å². The monoisotopic (exact) mass is 891 g/mol. The van der Waals surface area contributed by atoms with Crippen LogP contribution in [0.25, 0.3) is 59.8 Å². The summed E-state index contributed by atoms with van der Waals surface area (Å²) in [6.07, 6.45) is 15.0. The molecule has 3 aliphatic rings. The van der Waals surface area contributed by atoms with E-state index in [4.69, 9.17) is 36.1 Å². The number of fused-ring (bicyclic) bond motifs is 2. The Balaban J connectivity index is 0.886. The number of anilines is 2. The fourth-order valence-corrected chi connectivity index (χ4v) is 12.3. The zero-order chi connectivity index (χ0) is 43.6. The third-order valence-corrected chi connectivity index (χ3v) is 14.9. The maximum atomic E-state index is 7.75. The van der Waals surface area contributed by atoms with Crippen LogP contribution in [0.5, 0.6) is 0 Å². The summed E-state index contributed by atoms with van der Waals surface area (Å²) in [5.41, 5.74) is 19.5. The van der Waals surface area contributed by atoms with E-state index in [1.165, 1.54) is 0 Å². The van der Waals surface area contributed by atoms with E-state index in [0.29, 0.717) is 12.6 Å². The number of imidazole rings is 1. The SMILES string of the molecule is CC1(C)CC(N(C[C@]2(N)CCNCC(N(c3ccc(-c4ccc(-c5cn[nH]c5)c5ncsc45)nn3)C3CC3)C2)c2ccc(-c3ccc(-n4ccnc4)c4ncsc34)nn2)CC(C)(C)N1. The molecule has 2 aromatic carbocycles. The fraction of sp³-hybridized carbons (Fsp3) is 0.404. The molecule has 5 N–H and O–H groups in total. The van der Waals surface area contributed by atoms with Crippen molar-refractivity contribution in [1.29, 1.82) is 0 Å². The smallest absolute Gasteiger partial charge is 0.151 e. The van der Waals surface area contributed by atoms with Crippen molar-refractivity contribution in [3.8, 4) is 39.3 Å². The molecule has 6 aromatic heterocycles. The predicted molar refractivity (Wildman–Crippen MR) is 256 cm³/mol. The van der Waals surface area contributed by atoms with Gasteiger partial charge in [0.1, 0.15) is 5.52 Å². The van der Waals surface area contributed by atoms with Crippen LogP contribution in [-0.4, -0.2) is 104 Å². The van der Waals surface area contributed by atoms with Crippen molar-refractivity contribution in [2.75, 3.05) is 29.4 Å². The summed E-state index contributed by atoms with van der Waals surface area (Å²) in [4.78, 5) is 18.7. The normalized spacial score (nSPS) is 21.3. The Labute approximate surface area is 380 Å². The van der Waals surface area contributed by atoms with Gasteiger partial charge in [-0.2, -0.15) is 5.10 Å². The van der Waals surface area contributed by atoms with Gasteiger partial charge < -0.3 is 30.7 Å². The van der Waals surface area contributed by atoms with Crippen molar-refractivity contribution < 1.29 is 0 Å². The summed E-state index contributed by atoms with van der Waals surface area (Å²) < 4.78 is 4.15. The number of aromatic amines is 1. The number of nitrogens with two attached hydrogens (primary N) is 1. The van der Waals surface area contributed by atoms with Crippen LogP contribution in [0.15, 0.2) is 90.7 Å². The first kappa shape index (κ1) is 41.0. The average molecular weight is 892 g/mol. The summed E-state index contributed by atoms with van der Waals surface area (Å²) in [5, 5.41) is 34.5. The van der Waals surface area contributed by atoms with E-state index in [9.17, 15) is 0 Å². The summed E-state index contributed by atoms with van der Waals surface area (Å²) in [6, 6.07) is 17.7. The first-order valence-electron chi connectivity index (χ1n) is 22.2. The molecule has 3 fully saturated rings. The van der Waals surface area contributed by atoms with Gasteiger partial charge in [-0.25, -0.2) is 15.0 Å². The highest BCUT2D eigenvalue weighted by molar-refractivity contribution is 7.17. The number of benzene rings is 2. The second-order valence-electron chi connectivity index (χ2n) is 19.3. The molecule has 17 heteroatoms. The molecule has 328 valence electrons. The summed E-state index contributed by atoms with van der Waals surface area (Å²) in [7, 11) is 0. The van der Waals surface area contributed by atoms with Gasteiger partial charge in [-0.1, -0.05) is 12.1 Å². The topological polar surface area (TPSA) is 180 Å². The summed E-state index contributed by atoms with van der Waals surface area (Å²) in [5.74, 6) is 1.75. The number of nitrogens with zero attached hydrogens (tertiary/aromatic N) is 11. The lowest BCUT2D eigenvalue weighted by Crippen LogP contribution is -2.64. The third kappa shape index (κ3) is 7.93. The minimum Gasteiger partial charge on any atom is -0.350 e. The van der Waals surface area contributed by atoms with Crippen molar-refractivity contribution in [3.63, 3.8) is 0 Å². The minimum absolute atomic E-state index is 0.0800. The molecular formula is C47H53N15S2. The Morgan fingerprint density at radius 2 is 1.45 bits per heavy atom. The van der Waals surface area contributed by atoms with Crippen molar-refractivity contribution in [2.45, 2.75) is 101 Å². The molecule has 64 heavy (non-hydrogen) atoms. The third-order valence-electron chi connectivity index (χ3n) is 13.2. The Morgan fingerprint density at radius 3 is 2.11 bits per heavy atom. The van der Waals surface area contributed by atoms with Gasteiger partial charge in [-0.15, -0.1) is 43.1 Å². The van der Waals surface area contributed by atoms with E-state index in [1.54, 1.807) is 35.2 Å². The van der Waals surface area contributed by atoms with Gasteiger partial charge in [0.05, 0.1) is 55.5 Å². The summed E-state index contributed by atoms with van der Waals surface area (Å²) >= 11 is 3.24. The van der Waals surface area contributed by atoms with Crippen molar-refractivity contribution in [1.82, 2.24) is 60.7 Å². The van der Waals surface area contributed by atoms with Crippen molar-refractivity contribution in [2.24, 2.45) is 5.73 Å². The molecule has 0 bridgehead atoms. The van der Waals surface area contributed by atoms with Gasteiger partial charge in [0.2, 0.25) is 0 Å². The molecule has 0 amide bonds. The number of hydrogen-bond acceptors (Lipinski definition) is 15. The molecule has 0 radical (unpaired) electrons.